The monoisotopic (exact) mass is 358 g/mol. The number of hydrogen-bond donors (Lipinski definition) is 1. The fraction of sp³-hybridized carbons (Fsp3) is 0.222. The Morgan fingerprint density at radius 2 is 1.85 bits per heavy atom. The number of esters is 1. The lowest BCUT2D eigenvalue weighted by molar-refractivity contribution is -0.384. The number of nitro groups is 1. The predicted octanol–water partition coefficient (Wildman–Crippen LogP) is 3.10. The molecule has 1 amide bonds. The van der Waals surface area contributed by atoms with E-state index >= 15 is 0 Å². The molecule has 0 unspecified atom stereocenters. The lowest BCUT2D eigenvalue weighted by atomic mass is 10.2. The van der Waals surface area contributed by atoms with E-state index in [1.165, 1.54) is 18.2 Å². The highest BCUT2D eigenvalue weighted by molar-refractivity contribution is 5.96. The molecule has 0 heterocycles. The van der Waals surface area contributed by atoms with E-state index in [9.17, 15) is 19.7 Å². The number of ether oxygens (including phenoxy) is 2. The summed E-state index contributed by atoms with van der Waals surface area (Å²) in [5.74, 6) is -0.541. The van der Waals surface area contributed by atoms with Crippen LogP contribution in [-0.4, -0.2) is 30.0 Å². The largest absolute Gasteiger partial charge is 0.494 e. The van der Waals surface area contributed by atoms with Crippen molar-refractivity contribution < 1.29 is 24.0 Å². The second-order valence-corrected chi connectivity index (χ2v) is 5.34. The van der Waals surface area contributed by atoms with E-state index in [0.717, 1.165) is 0 Å². The maximum atomic E-state index is 11.9. The third-order valence-electron chi connectivity index (χ3n) is 3.43. The van der Waals surface area contributed by atoms with Gasteiger partial charge < -0.3 is 14.8 Å². The van der Waals surface area contributed by atoms with E-state index in [2.05, 4.69) is 5.32 Å². The molecular weight excluding hydrogens is 340 g/mol. The molecule has 2 rings (SSSR count). The molecular formula is C18H18N2O6. The summed E-state index contributed by atoms with van der Waals surface area (Å²) in [7, 11) is 0. The Kier molecular flexibility index (Phi) is 6.26. The molecule has 0 radical (unpaired) electrons. The zero-order chi connectivity index (χ0) is 19.1. The summed E-state index contributed by atoms with van der Waals surface area (Å²) in [4.78, 5) is 34.0. The first kappa shape index (κ1) is 18.9. The van der Waals surface area contributed by atoms with Crippen molar-refractivity contribution in [2.75, 3.05) is 18.5 Å². The van der Waals surface area contributed by atoms with Gasteiger partial charge in [0.05, 0.1) is 17.1 Å². The third kappa shape index (κ3) is 5.04. The zero-order valence-corrected chi connectivity index (χ0v) is 14.4. The highest BCUT2D eigenvalue weighted by Crippen LogP contribution is 2.21. The smallest absolute Gasteiger partial charge is 0.338 e. The van der Waals surface area contributed by atoms with Crippen molar-refractivity contribution >= 4 is 23.3 Å². The summed E-state index contributed by atoms with van der Waals surface area (Å²) >= 11 is 0. The van der Waals surface area contributed by atoms with E-state index in [1.54, 1.807) is 31.2 Å². The second-order valence-electron chi connectivity index (χ2n) is 5.34. The summed E-state index contributed by atoms with van der Waals surface area (Å²) in [6, 6.07) is 10.4. The van der Waals surface area contributed by atoms with Crippen molar-refractivity contribution in [2.45, 2.75) is 13.8 Å². The van der Waals surface area contributed by atoms with E-state index < -0.39 is 23.4 Å². The topological polar surface area (TPSA) is 108 Å². The van der Waals surface area contributed by atoms with Crippen LogP contribution in [0.2, 0.25) is 0 Å². The van der Waals surface area contributed by atoms with Crippen molar-refractivity contribution in [3.63, 3.8) is 0 Å². The minimum absolute atomic E-state index is 0.0672. The van der Waals surface area contributed by atoms with Gasteiger partial charge in [0.25, 0.3) is 11.6 Å². The molecule has 0 bridgehead atoms. The van der Waals surface area contributed by atoms with Gasteiger partial charge in [-0.2, -0.15) is 0 Å². The number of carbonyl (C=O) groups excluding carboxylic acids is 2. The molecule has 0 aromatic heterocycles. The van der Waals surface area contributed by atoms with Crippen molar-refractivity contribution in [3.8, 4) is 5.75 Å². The van der Waals surface area contributed by atoms with Gasteiger partial charge >= 0.3 is 5.97 Å². The molecule has 0 fully saturated rings. The van der Waals surface area contributed by atoms with E-state index in [0.29, 0.717) is 29.2 Å². The highest BCUT2D eigenvalue weighted by atomic mass is 16.6. The predicted molar refractivity (Wildman–Crippen MR) is 94.4 cm³/mol. The van der Waals surface area contributed by atoms with E-state index in [4.69, 9.17) is 9.47 Å². The maximum Gasteiger partial charge on any atom is 0.338 e. The molecule has 0 atom stereocenters. The van der Waals surface area contributed by atoms with Crippen molar-refractivity contribution in [3.05, 3.63) is 63.7 Å². The van der Waals surface area contributed by atoms with Gasteiger partial charge in [0.15, 0.2) is 6.61 Å². The van der Waals surface area contributed by atoms with Crippen LogP contribution in [0.3, 0.4) is 0 Å². The molecule has 0 spiro atoms. The zero-order valence-electron chi connectivity index (χ0n) is 14.4. The summed E-state index contributed by atoms with van der Waals surface area (Å²) < 4.78 is 10.2. The molecule has 2 aromatic rings. The Morgan fingerprint density at radius 3 is 2.42 bits per heavy atom. The summed E-state index contributed by atoms with van der Waals surface area (Å²) in [5, 5.41) is 13.3. The summed E-state index contributed by atoms with van der Waals surface area (Å²) in [6.45, 7) is 3.54. The number of benzene rings is 2. The van der Waals surface area contributed by atoms with Gasteiger partial charge in [-0.25, -0.2) is 4.79 Å². The van der Waals surface area contributed by atoms with Crippen molar-refractivity contribution in [2.24, 2.45) is 0 Å². The number of nitro benzene ring substituents is 1. The molecule has 0 aliphatic carbocycles. The number of non-ortho nitro benzene ring substituents is 1. The molecule has 26 heavy (non-hydrogen) atoms. The average molecular weight is 358 g/mol. The first-order valence-electron chi connectivity index (χ1n) is 7.85. The van der Waals surface area contributed by atoms with Gasteiger partial charge in [-0.15, -0.1) is 0 Å². The quantitative estimate of drug-likeness (QED) is 0.463. The Bertz CT molecular complexity index is 817. The van der Waals surface area contributed by atoms with Crippen LogP contribution in [0.4, 0.5) is 11.4 Å². The number of carbonyl (C=O) groups is 2. The average Bonchev–Trinajstić information content (AvgIpc) is 2.62. The first-order chi connectivity index (χ1) is 12.4. The number of amides is 1. The highest BCUT2D eigenvalue weighted by Gasteiger charge is 2.13. The second kappa shape index (κ2) is 8.61. The summed E-state index contributed by atoms with van der Waals surface area (Å²) in [5.41, 5.74) is 1.18. The number of rotatable bonds is 7. The minimum atomic E-state index is -0.636. The van der Waals surface area contributed by atoms with Gasteiger partial charge in [0.2, 0.25) is 0 Å². The fourth-order valence-electron chi connectivity index (χ4n) is 2.16. The van der Waals surface area contributed by atoms with Crippen LogP contribution in [0.15, 0.2) is 42.5 Å². The molecule has 2 aromatic carbocycles. The van der Waals surface area contributed by atoms with Crippen molar-refractivity contribution in [1.29, 1.82) is 0 Å². The Labute approximate surface area is 149 Å². The number of anilines is 1. The number of nitrogens with one attached hydrogen (secondary N) is 1. The lowest BCUT2D eigenvalue weighted by Gasteiger charge is -2.09. The van der Waals surface area contributed by atoms with Crippen LogP contribution in [-0.2, 0) is 9.53 Å². The van der Waals surface area contributed by atoms with Gasteiger partial charge in [-0.05, 0) is 49.7 Å². The minimum Gasteiger partial charge on any atom is -0.494 e. The number of nitrogens with zero attached hydrogens (tertiary/aromatic N) is 1. The molecule has 0 saturated heterocycles. The van der Waals surface area contributed by atoms with Gasteiger partial charge in [0, 0.05) is 17.8 Å². The fourth-order valence-corrected chi connectivity index (χ4v) is 2.16. The molecule has 136 valence electrons. The normalized spacial score (nSPS) is 10.1. The SMILES string of the molecule is CCOc1ccc(C(=O)OCC(=O)Nc2ccc([N+](=O)[O-])cc2C)cc1. The first-order valence-corrected chi connectivity index (χ1v) is 7.85. The maximum absolute atomic E-state index is 11.9. The molecule has 0 aliphatic heterocycles. The molecule has 0 saturated carbocycles. The van der Waals surface area contributed by atoms with Crippen LogP contribution in [0.5, 0.6) is 5.75 Å². The number of aryl methyl sites for hydroxylation is 1. The lowest BCUT2D eigenvalue weighted by Crippen LogP contribution is -2.21. The Morgan fingerprint density at radius 1 is 1.15 bits per heavy atom. The van der Waals surface area contributed by atoms with Gasteiger partial charge in [-0.3, -0.25) is 14.9 Å². The van der Waals surface area contributed by atoms with Crippen LogP contribution in [0.1, 0.15) is 22.8 Å². The van der Waals surface area contributed by atoms with E-state index in [-0.39, 0.29) is 5.69 Å². The van der Waals surface area contributed by atoms with Crippen molar-refractivity contribution in [1.82, 2.24) is 0 Å². The van der Waals surface area contributed by atoms with Crippen LogP contribution < -0.4 is 10.1 Å². The Balaban J connectivity index is 1.90. The van der Waals surface area contributed by atoms with E-state index in [1.807, 2.05) is 6.92 Å². The molecule has 8 heteroatoms. The molecule has 8 nitrogen and oxygen atoms in total. The molecule has 0 aliphatic rings. The van der Waals surface area contributed by atoms with Crippen LogP contribution >= 0.6 is 0 Å². The number of hydrogen-bond acceptors (Lipinski definition) is 6. The van der Waals surface area contributed by atoms with Crippen LogP contribution in [0, 0.1) is 17.0 Å². The van der Waals surface area contributed by atoms with Gasteiger partial charge in [0.1, 0.15) is 5.75 Å². The summed E-state index contributed by atoms with van der Waals surface area (Å²) in [6.07, 6.45) is 0. The van der Waals surface area contributed by atoms with Gasteiger partial charge in [-0.1, -0.05) is 0 Å². The standard InChI is InChI=1S/C18H18N2O6/c1-3-25-15-7-4-13(5-8-15)18(22)26-11-17(21)19-16-9-6-14(20(23)24)10-12(16)2/h4-10H,3,11H2,1-2H3,(H,19,21). The van der Waals surface area contributed by atoms with Crippen LogP contribution in [0.25, 0.3) is 0 Å². The Hall–Kier alpha value is -3.42. The molecule has 1 N–H and O–H groups in total. The third-order valence-corrected chi connectivity index (χ3v) is 3.43.